The molecule has 2 nitrogen and oxygen atoms in total. The minimum atomic E-state index is -0.135. The van der Waals surface area contributed by atoms with Crippen molar-refractivity contribution in [1.82, 2.24) is 4.90 Å². The van der Waals surface area contributed by atoms with Gasteiger partial charge in [0.2, 0.25) is 0 Å². The van der Waals surface area contributed by atoms with Crippen molar-refractivity contribution in [3.63, 3.8) is 0 Å². The average Bonchev–Trinajstić information content (AvgIpc) is 2.97. The maximum atomic E-state index is 9.12. The number of hydrogen-bond donors (Lipinski definition) is 1. The normalized spacial score (nSPS) is 14.2. The van der Waals surface area contributed by atoms with Crippen LogP contribution in [0.3, 0.4) is 0 Å². The van der Waals surface area contributed by atoms with Crippen molar-refractivity contribution in [3.05, 3.63) is 132 Å². The lowest BCUT2D eigenvalue weighted by Gasteiger charge is -2.30. The molecule has 3 heteroatoms. The molecule has 1 heterocycles. The molecule has 4 aromatic carbocycles. The lowest BCUT2D eigenvalue weighted by Crippen LogP contribution is -2.32. The highest BCUT2D eigenvalue weighted by atomic mass is 32.2. The summed E-state index contributed by atoms with van der Waals surface area (Å²) in [4.78, 5) is 6.58. The van der Waals surface area contributed by atoms with E-state index >= 15 is 0 Å². The van der Waals surface area contributed by atoms with Crippen LogP contribution in [0.1, 0.15) is 36.8 Å². The molecule has 0 amide bonds. The number of piperidine rings is 1. The van der Waals surface area contributed by atoms with Gasteiger partial charge < -0.3 is 10.0 Å². The summed E-state index contributed by atoms with van der Waals surface area (Å²) in [6.07, 6.45) is 4.18. The summed E-state index contributed by atoms with van der Waals surface area (Å²) in [6, 6.07) is 42.0. The van der Waals surface area contributed by atoms with E-state index in [1.165, 1.54) is 31.4 Å². The van der Waals surface area contributed by atoms with Gasteiger partial charge in [-0.3, -0.25) is 0 Å². The summed E-state index contributed by atoms with van der Waals surface area (Å²) in [5.41, 5.74) is 5.58. The first-order chi connectivity index (χ1) is 18.3. The second-order valence-corrected chi connectivity index (χ2v) is 11.6. The fourth-order valence-electron chi connectivity index (χ4n) is 5.20. The molecule has 0 radical (unpaired) electrons. The molecule has 1 aliphatic heterocycles. The van der Waals surface area contributed by atoms with E-state index in [4.69, 9.17) is 5.11 Å². The van der Waals surface area contributed by atoms with E-state index in [0.717, 1.165) is 45.3 Å². The van der Waals surface area contributed by atoms with Gasteiger partial charge in [0.15, 0.2) is 14.7 Å². The Kier molecular flexibility index (Phi) is 8.91. The third-order valence-corrected chi connectivity index (χ3v) is 9.33. The Morgan fingerprint density at radius 1 is 0.595 bits per heavy atom. The van der Waals surface area contributed by atoms with Crippen molar-refractivity contribution in [2.45, 2.75) is 40.4 Å². The minimum Gasteiger partial charge on any atom is -0.396 e. The number of rotatable bonds is 9. The first-order valence-electron chi connectivity index (χ1n) is 13.4. The molecule has 1 aliphatic rings. The monoisotopic (exact) mass is 506 g/mol. The first-order valence-corrected chi connectivity index (χ1v) is 14.6. The van der Waals surface area contributed by atoms with Crippen LogP contribution >= 0.6 is 0 Å². The zero-order chi connectivity index (χ0) is 25.3. The van der Waals surface area contributed by atoms with E-state index in [1.54, 1.807) is 5.57 Å². The van der Waals surface area contributed by atoms with Gasteiger partial charge in [-0.15, -0.1) is 0 Å². The highest BCUT2D eigenvalue weighted by molar-refractivity contribution is 7.97. The van der Waals surface area contributed by atoms with Gasteiger partial charge in [0.1, 0.15) is 0 Å². The predicted molar refractivity (Wildman–Crippen MR) is 156 cm³/mol. The molecule has 37 heavy (non-hydrogen) atoms. The summed E-state index contributed by atoms with van der Waals surface area (Å²) in [5.74, 6) is 0. The lowest BCUT2D eigenvalue weighted by molar-refractivity contribution is 0.231. The number of likely N-dealkylation sites (tertiary alicyclic amines) is 1. The molecule has 5 rings (SSSR count). The van der Waals surface area contributed by atoms with Crippen LogP contribution < -0.4 is 0 Å². The largest absolute Gasteiger partial charge is 0.396 e. The third kappa shape index (κ3) is 6.42. The van der Waals surface area contributed by atoms with Crippen LogP contribution in [0.2, 0.25) is 0 Å². The Morgan fingerprint density at radius 3 is 1.62 bits per heavy atom. The van der Waals surface area contributed by atoms with Crippen molar-refractivity contribution in [3.8, 4) is 0 Å². The molecular weight excluding hydrogens is 470 g/mol. The zero-order valence-electron chi connectivity index (χ0n) is 21.4. The molecule has 1 saturated heterocycles. The van der Waals surface area contributed by atoms with E-state index in [9.17, 15) is 0 Å². The number of benzene rings is 4. The van der Waals surface area contributed by atoms with Gasteiger partial charge >= 0.3 is 0 Å². The molecule has 0 bridgehead atoms. The Labute approximate surface area is 224 Å². The molecule has 0 aliphatic carbocycles. The molecule has 0 atom stereocenters. The second kappa shape index (κ2) is 12.9. The zero-order valence-corrected chi connectivity index (χ0v) is 22.2. The summed E-state index contributed by atoms with van der Waals surface area (Å²) >= 11 is 0. The molecule has 0 spiro atoms. The Hall–Kier alpha value is -3.11. The highest BCUT2D eigenvalue weighted by Crippen LogP contribution is 2.35. The minimum absolute atomic E-state index is 0.135. The van der Waals surface area contributed by atoms with Crippen molar-refractivity contribution in [1.29, 1.82) is 0 Å². The Bertz CT molecular complexity index is 1220. The molecule has 4 aromatic rings. The quantitative estimate of drug-likeness (QED) is 0.188. The van der Waals surface area contributed by atoms with E-state index in [-0.39, 0.29) is 10.9 Å². The maximum Gasteiger partial charge on any atom is 0.166 e. The molecule has 0 unspecified atom stereocenters. The number of hydrogen-bond acceptors (Lipinski definition) is 2. The fraction of sp³-hybridized carbons (Fsp3) is 0.235. The Balaban J connectivity index is 1.46. The van der Waals surface area contributed by atoms with Crippen LogP contribution in [0, 0.1) is 0 Å². The van der Waals surface area contributed by atoms with E-state index in [2.05, 4.69) is 120 Å². The van der Waals surface area contributed by atoms with Gasteiger partial charge in [-0.1, -0.05) is 72.3 Å². The molecule has 1 N–H and O–H groups in total. The predicted octanol–water partition coefficient (Wildman–Crippen LogP) is 7.45. The number of unbranched alkanes of at least 4 members (excludes halogenated alkanes) is 1. The van der Waals surface area contributed by atoms with Crippen LogP contribution in [0.25, 0.3) is 5.57 Å². The summed E-state index contributed by atoms with van der Waals surface area (Å²) in [7, 11) is -0.135. The lowest BCUT2D eigenvalue weighted by atomic mass is 9.88. The van der Waals surface area contributed by atoms with Crippen molar-refractivity contribution < 1.29 is 5.11 Å². The van der Waals surface area contributed by atoms with E-state index in [0.29, 0.717) is 6.61 Å². The summed E-state index contributed by atoms with van der Waals surface area (Å²) in [5, 5.41) is 9.12. The molecule has 0 saturated carbocycles. The van der Waals surface area contributed by atoms with Gasteiger partial charge in [0.25, 0.3) is 0 Å². The van der Waals surface area contributed by atoms with Gasteiger partial charge in [-0.25, -0.2) is 0 Å². The van der Waals surface area contributed by atoms with Crippen molar-refractivity contribution in [2.24, 2.45) is 0 Å². The number of nitrogens with zero attached hydrogens (tertiary/aromatic N) is 1. The van der Waals surface area contributed by atoms with Gasteiger partial charge in [-0.2, -0.15) is 0 Å². The smallest absolute Gasteiger partial charge is 0.166 e. The van der Waals surface area contributed by atoms with Crippen LogP contribution in [0.5, 0.6) is 0 Å². The van der Waals surface area contributed by atoms with Crippen LogP contribution in [-0.2, 0) is 10.9 Å². The fourth-order valence-corrected chi connectivity index (χ4v) is 7.29. The standard InChI is InChI=1S/C34H36NOS/c36-27-11-10-24-35-25-22-30(23-26-35)34(28-12-4-1-5-13-28)29-18-20-33(21-19-29)37(31-14-6-2-7-15-31)32-16-8-3-9-17-32/h1-9,12-21,36H,10-11,22-27H2/q+1. The molecule has 1 fully saturated rings. The van der Waals surface area contributed by atoms with Crippen LogP contribution in [-0.4, -0.2) is 36.2 Å². The third-order valence-electron chi connectivity index (χ3n) is 7.09. The van der Waals surface area contributed by atoms with Gasteiger partial charge in [0, 0.05) is 19.7 Å². The molecule has 0 aromatic heterocycles. The Morgan fingerprint density at radius 2 is 1.08 bits per heavy atom. The topological polar surface area (TPSA) is 23.5 Å². The van der Waals surface area contributed by atoms with Crippen molar-refractivity contribution >= 4 is 16.5 Å². The summed E-state index contributed by atoms with van der Waals surface area (Å²) in [6.45, 7) is 3.58. The maximum absolute atomic E-state index is 9.12. The number of aliphatic hydroxyl groups excluding tert-OH is 1. The highest BCUT2D eigenvalue weighted by Gasteiger charge is 2.28. The number of aliphatic hydroxyl groups is 1. The molecular formula is C34H36NOS+. The van der Waals surface area contributed by atoms with Crippen molar-refractivity contribution in [2.75, 3.05) is 26.2 Å². The molecule has 188 valence electrons. The SMILES string of the molecule is OCCCCN1CCC(=C(c2ccccc2)c2ccc([S+](c3ccccc3)c3ccccc3)cc2)CC1. The van der Waals surface area contributed by atoms with Crippen LogP contribution in [0.15, 0.2) is 136 Å². The van der Waals surface area contributed by atoms with Gasteiger partial charge in [0.05, 0.1) is 10.9 Å². The van der Waals surface area contributed by atoms with E-state index in [1.807, 2.05) is 0 Å². The van der Waals surface area contributed by atoms with Gasteiger partial charge in [-0.05, 0) is 97.5 Å². The van der Waals surface area contributed by atoms with Crippen LogP contribution in [0.4, 0.5) is 0 Å². The van der Waals surface area contributed by atoms with E-state index < -0.39 is 0 Å². The first kappa shape index (κ1) is 25.5. The average molecular weight is 507 g/mol. The summed E-state index contributed by atoms with van der Waals surface area (Å²) < 4.78 is 0. The second-order valence-electron chi connectivity index (χ2n) is 9.57.